The molecular formula is C20H27N5O2. The molecule has 1 aliphatic rings. The molecule has 0 bridgehead atoms. The summed E-state index contributed by atoms with van der Waals surface area (Å²) in [4.78, 5) is 26.9. The molecule has 1 atom stereocenters. The number of aromatic nitrogens is 2. The van der Waals surface area contributed by atoms with Gasteiger partial charge in [0.15, 0.2) is 0 Å². The van der Waals surface area contributed by atoms with Crippen LogP contribution in [0.5, 0.6) is 0 Å². The minimum Gasteiger partial charge on any atom is -0.354 e. The number of aryl methyl sites for hydroxylation is 1. The van der Waals surface area contributed by atoms with Gasteiger partial charge in [-0.3, -0.25) is 14.3 Å². The molecule has 3 rings (SSSR count). The Kier molecular flexibility index (Phi) is 6.24. The van der Waals surface area contributed by atoms with E-state index in [0.29, 0.717) is 12.5 Å². The monoisotopic (exact) mass is 369 g/mol. The molecule has 1 saturated heterocycles. The van der Waals surface area contributed by atoms with E-state index in [1.807, 2.05) is 48.5 Å². The summed E-state index contributed by atoms with van der Waals surface area (Å²) in [5, 5.41) is 10.2. The quantitative estimate of drug-likeness (QED) is 0.806. The highest BCUT2D eigenvalue weighted by molar-refractivity contribution is 5.94. The van der Waals surface area contributed by atoms with E-state index in [4.69, 9.17) is 0 Å². The molecule has 0 radical (unpaired) electrons. The van der Waals surface area contributed by atoms with E-state index >= 15 is 0 Å². The second-order valence-corrected chi connectivity index (χ2v) is 7.02. The van der Waals surface area contributed by atoms with E-state index < -0.39 is 6.04 Å². The van der Waals surface area contributed by atoms with Gasteiger partial charge >= 0.3 is 0 Å². The first-order valence-corrected chi connectivity index (χ1v) is 9.36. The van der Waals surface area contributed by atoms with Crippen LogP contribution in [-0.4, -0.2) is 53.2 Å². The molecule has 1 aromatic carbocycles. The first kappa shape index (κ1) is 19.1. The van der Waals surface area contributed by atoms with Crippen LogP contribution in [0.3, 0.4) is 0 Å². The first-order chi connectivity index (χ1) is 13.1. The maximum absolute atomic E-state index is 12.5. The van der Waals surface area contributed by atoms with E-state index in [-0.39, 0.29) is 11.8 Å². The summed E-state index contributed by atoms with van der Waals surface area (Å²) in [6, 6.07) is 8.98. The highest BCUT2D eigenvalue weighted by Gasteiger charge is 2.25. The smallest absolute Gasteiger partial charge is 0.253 e. The van der Waals surface area contributed by atoms with Crippen molar-refractivity contribution in [2.45, 2.75) is 18.9 Å². The molecule has 1 aromatic heterocycles. The number of likely N-dealkylation sites (N-methyl/N-ethyl adjacent to an activating group) is 1. The lowest BCUT2D eigenvalue weighted by atomic mass is 9.96. The molecule has 1 unspecified atom stereocenters. The van der Waals surface area contributed by atoms with Crippen molar-refractivity contribution in [1.82, 2.24) is 25.3 Å². The van der Waals surface area contributed by atoms with Gasteiger partial charge in [0.25, 0.3) is 5.91 Å². The van der Waals surface area contributed by atoms with Crippen molar-refractivity contribution in [1.29, 1.82) is 0 Å². The van der Waals surface area contributed by atoms with Crippen LogP contribution in [0, 0.1) is 5.92 Å². The summed E-state index contributed by atoms with van der Waals surface area (Å²) in [7, 11) is 3.60. The Morgan fingerprint density at radius 2 is 1.93 bits per heavy atom. The Morgan fingerprint density at radius 1 is 1.22 bits per heavy atom. The summed E-state index contributed by atoms with van der Waals surface area (Å²) < 4.78 is 1.69. The van der Waals surface area contributed by atoms with Gasteiger partial charge in [0.2, 0.25) is 5.91 Å². The normalized spacial score (nSPS) is 16.1. The van der Waals surface area contributed by atoms with E-state index in [1.165, 1.54) is 0 Å². The Morgan fingerprint density at radius 3 is 2.52 bits per heavy atom. The topological polar surface area (TPSA) is 79.3 Å². The van der Waals surface area contributed by atoms with E-state index in [2.05, 4.69) is 15.7 Å². The molecule has 0 spiro atoms. The van der Waals surface area contributed by atoms with Crippen molar-refractivity contribution >= 4 is 11.8 Å². The van der Waals surface area contributed by atoms with Gasteiger partial charge in [-0.1, -0.05) is 18.2 Å². The van der Waals surface area contributed by atoms with E-state index in [1.54, 1.807) is 17.9 Å². The van der Waals surface area contributed by atoms with Gasteiger partial charge in [-0.2, -0.15) is 5.10 Å². The van der Waals surface area contributed by atoms with Crippen LogP contribution in [0.25, 0.3) is 0 Å². The lowest BCUT2D eigenvalue weighted by Gasteiger charge is -2.32. The number of carbonyl (C=O) groups excluding carboxylic acids is 2. The Labute approximate surface area is 159 Å². The third kappa shape index (κ3) is 4.74. The summed E-state index contributed by atoms with van der Waals surface area (Å²) in [5.41, 5.74) is 1.58. The number of amides is 2. The van der Waals surface area contributed by atoms with Gasteiger partial charge in [0.1, 0.15) is 6.04 Å². The largest absolute Gasteiger partial charge is 0.354 e. The third-order valence-electron chi connectivity index (χ3n) is 5.10. The average molecular weight is 369 g/mol. The number of hydrogen-bond donors (Lipinski definition) is 2. The van der Waals surface area contributed by atoms with Crippen LogP contribution in [-0.2, 0) is 11.8 Å². The molecule has 0 aliphatic carbocycles. The fraction of sp³-hybridized carbons (Fsp3) is 0.450. The van der Waals surface area contributed by atoms with Crippen molar-refractivity contribution in [2.75, 3.05) is 26.7 Å². The molecule has 2 heterocycles. The molecule has 2 aromatic rings. The van der Waals surface area contributed by atoms with Gasteiger partial charge in [0.05, 0.1) is 6.20 Å². The Hall–Kier alpha value is -2.67. The lowest BCUT2D eigenvalue weighted by molar-refractivity contribution is -0.123. The SMILES string of the molecule is CNC(C(=O)NCC1CCN(C(=O)c2ccccc2)CC1)c1cnn(C)c1. The molecule has 1 fully saturated rings. The van der Waals surface area contributed by atoms with Crippen molar-refractivity contribution in [3.8, 4) is 0 Å². The number of piperidine rings is 1. The van der Waals surface area contributed by atoms with E-state index in [9.17, 15) is 9.59 Å². The minimum atomic E-state index is -0.404. The number of benzene rings is 1. The van der Waals surface area contributed by atoms with Gasteiger partial charge in [-0.05, 0) is 37.9 Å². The highest BCUT2D eigenvalue weighted by Crippen LogP contribution is 2.19. The van der Waals surface area contributed by atoms with Gasteiger partial charge in [-0.25, -0.2) is 0 Å². The number of nitrogens with one attached hydrogen (secondary N) is 2. The summed E-state index contributed by atoms with van der Waals surface area (Å²) in [6.45, 7) is 2.09. The third-order valence-corrected chi connectivity index (χ3v) is 5.10. The number of carbonyl (C=O) groups is 2. The number of nitrogens with zero attached hydrogens (tertiary/aromatic N) is 3. The van der Waals surface area contributed by atoms with Crippen molar-refractivity contribution in [3.05, 3.63) is 53.9 Å². The summed E-state index contributed by atoms with van der Waals surface area (Å²) >= 11 is 0. The van der Waals surface area contributed by atoms with Crippen molar-refractivity contribution < 1.29 is 9.59 Å². The van der Waals surface area contributed by atoms with Crippen molar-refractivity contribution in [3.63, 3.8) is 0 Å². The molecular weight excluding hydrogens is 342 g/mol. The minimum absolute atomic E-state index is 0.0479. The molecule has 7 nitrogen and oxygen atoms in total. The zero-order valence-electron chi connectivity index (χ0n) is 15.9. The van der Waals surface area contributed by atoms with Crippen LogP contribution in [0.15, 0.2) is 42.7 Å². The van der Waals surface area contributed by atoms with Crippen LogP contribution < -0.4 is 10.6 Å². The summed E-state index contributed by atoms with van der Waals surface area (Å²) in [6.07, 6.45) is 5.34. The molecule has 2 amide bonds. The first-order valence-electron chi connectivity index (χ1n) is 9.36. The maximum Gasteiger partial charge on any atom is 0.253 e. The molecule has 1 aliphatic heterocycles. The maximum atomic E-state index is 12.5. The van der Waals surface area contributed by atoms with Crippen LogP contribution in [0.4, 0.5) is 0 Å². The molecule has 2 N–H and O–H groups in total. The Bertz CT molecular complexity index is 766. The number of rotatable bonds is 6. The molecule has 7 heteroatoms. The predicted molar refractivity (Wildman–Crippen MR) is 103 cm³/mol. The molecule has 144 valence electrons. The van der Waals surface area contributed by atoms with Gasteiger partial charge in [-0.15, -0.1) is 0 Å². The second-order valence-electron chi connectivity index (χ2n) is 7.02. The summed E-state index contributed by atoms with van der Waals surface area (Å²) in [5.74, 6) is 0.429. The fourth-order valence-electron chi connectivity index (χ4n) is 3.49. The predicted octanol–water partition coefficient (Wildman–Crippen LogP) is 1.35. The Balaban J connectivity index is 1.46. The fourth-order valence-corrected chi connectivity index (χ4v) is 3.49. The molecule has 0 saturated carbocycles. The standard InChI is InChI=1S/C20H27N5O2/c1-21-18(17-13-23-24(2)14-17)19(26)22-12-15-8-10-25(11-9-15)20(27)16-6-4-3-5-7-16/h3-7,13-15,18,21H,8-12H2,1-2H3,(H,22,26). The zero-order chi connectivity index (χ0) is 19.2. The lowest BCUT2D eigenvalue weighted by Crippen LogP contribution is -2.43. The van der Waals surface area contributed by atoms with Crippen LogP contribution in [0.2, 0.25) is 0 Å². The number of hydrogen-bond acceptors (Lipinski definition) is 4. The zero-order valence-corrected chi connectivity index (χ0v) is 15.9. The van der Waals surface area contributed by atoms with Crippen molar-refractivity contribution in [2.24, 2.45) is 13.0 Å². The van der Waals surface area contributed by atoms with Crippen LogP contribution in [0.1, 0.15) is 34.8 Å². The average Bonchev–Trinajstić information content (AvgIpc) is 3.13. The number of likely N-dealkylation sites (tertiary alicyclic amines) is 1. The van der Waals surface area contributed by atoms with Gasteiger partial charge < -0.3 is 15.5 Å². The van der Waals surface area contributed by atoms with Crippen LogP contribution >= 0.6 is 0 Å². The highest BCUT2D eigenvalue weighted by atomic mass is 16.2. The van der Waals surface area contributed by atoms with E-state index in [0.717, 1.165) is 37.1 Å². The molecule has 27 heavy (non-hydrogen) atoms. The second kappa shape index (κ2) is 8.81. The van der Waals surface area contributed by atoms with Gasteiger partial charge in [0, 0.05) is 44.0 Å².